The van der Waals surface area contributed by atoms with Gasteiger partial charge in [-0.2, -0.15) is 10.1 Å². The second-order valence-electron chi connectivity index (χ2n) is 7.15. The lowest BCUT2D eigenvalue weighted by Gasteiger charge is -2.25. The van der Waals surface area contributed by atoms with Crippen LogP contribution in [0, 0.1) is 5.82 Å². The molecule has 0 bridgehead atoms. The second kappa shape index (κ2) is 8.19. The summed E-state index contributed by atoms with van der Waals surface area (Å²) in [6.07, 6.45) is 4.97. The first-order valence-corrected chi connectivity index (χ1v) is 9.60. The van der Waals surface area contributed by atoms with Gasteiger partial charge in [-0.05, 0) is 25.8 Å². The molecule has 2 N–H and O–H groups in total. The molecule has 0 radical (unpaired) electrons. The van der Waals surface area contributed by atoms with Crippen LogP contribution in [0.4, 0.5) is 10.3 Å². The van der Waals surface area contributed by atoms with E-state index in [0.29, 0.717) is 29.6 Å². The van der Waals surface area contributed by atoms with Crippen molar-refractivity contribution in [3.63, 3.8) is 0 Å². The number of hydrogen-bond donors (Lipinski definition) is 2. The van der Waals surface area contributed by atoms with Crippen LogP contribution in [0.25, 0.3) is 5.65 Å². The summed E-state index contributed by atoms with van der Waals surface area (Å²) in [6, 6.07) is 1.21. The number of ether oxygens (including phenoxy) is 1. The van der Waals surface area contributed by atoms with Gasteiger partial charge in [0.05, 0.1) is 31.6 Å². The van der Waals surface area contributed by atoms with Crippen molar-refractivity contribution in [1.82, 2.24) is 29.9 Å². The molecule has 1 saturated heterocycles. The Bertz CT molecular complexity index is 1070. The normalized spacial score (nSPS) is 17.3. The molecule has 1 aliphatic heterocycles. The van der Waals surface area contributed by atoms with Crippen LogP contribution in [0.1, 0.15) is 41.7 Å². The Labute approximate surface area is 171 Å². The van der Waals surface area contributed by atoms with Crippen LogP contribution in [0.15, 0.2) is 24.8 Å². The summed E-state index contributed by atoms with van der Waals surface area (Å²) in [5.41, 5.74) is 1.25. The number of nitrogens with zero attached hydrogens (tertiary/aromatic N) is 6. The van der Waals surface area contributed by atoms with Crippen molar-refractivity contribution in [3.8, 4) is 5.88 Å². The number of anilines is 1. The van der Waals surface area contributed by atoms with Gasteiger partial charge < -0.3 is 20.1 Å². The number of carbonyl (C=O) groups is 1. The number of carbonyl (C=O) groups excluding carboxylic acids is 1. The number of aliphatic hydroxyl groups is 1. The lowest BCUT2D eigenvalue weighted by molar-refractivity contribution is 0.0925. The molecule has 0 saturated carbocycles. The molecule has 0 spiro atoms. The van der Waals surface area contributed by atoms with Crippen molar-refractivity contribution in [2.45, 2.75) is 31.9 Å². The van der Waals surface area contributed by atoms with E-state index >= 15 is 0 Å². The molecule has 158 valence electrons. The number of hydrogen-bond acceptors (Lipinski definition) is 8. The Morgan fingerprint density at radius 1 is 1.43 bits per heavy atom. The lowest BCUT2D eigenvalue weighted by Crippen LogP contribution is -2.30. The largest absolute Gasteiger partial charge is 0.481 e. The molecule has 1 fully saturated rings. The molecule has 1 amide bonds. The molecule has 1 aliphatic rings. The van der Waals surface area contributed by atoms with E-state index in [4.69, 9.17) is 4.74 Å². The number of pyridine rings is 1. The minimum absolute atomic E-state index is 0.120. The maximum absolute atomic E-state index is 13.9. The van der Waals surface area contributed by atoms with E-state index in [-0.39, 0.29) is 24.1 Å². The van der Waals surface area contributed by atoms with Gasteiger partial charge in [0.1, 0.15) is 17.7 Å². The van der Waals surface area contributed by atoms with Crippen LogP contribution in [0.5, 0.6) is 5.88 Å². The first kappa shape index (κ1) is 20.0. The average Bonchev–Trinajstić information content (AvgIpc) is 3.38. The van der Waals surface area contributed by atoms with Gasteiger partial charge in [0.2, 0.25) is 11.8 Å². The highest BCUT2D eigenvalue weighted by molar-refractivity contribution is 5.99. The first-order chi connectivity index (χ1) is 14.5. The van der Waals surface area contributed by atoms with Crippen molar-refractivity contribution in [3.05, 3.63) is 41.7 Å². The molecule has 4 heterocycles. The van der Waals surface area contributed by atoms with Gasteiger partial charge in [0.25, 0.3) is 5.91 Å². The van der Waals surface area contributed by atoms with E-state index in [2.05, 4.69) is 25.4 Å². The fraction of sp³-hybridized carbons (Fsp3) is 0.421. The summed E-state index contributed by atoms with van der Waals surface area (Å²) < 4.78 is 20.6. The minimum atomic E-state index is -0.666. The quantitative estimate of drug-likeness (QED) is 0.615. The fourth-order valence-corrected chi connectivity index (χ4v) is 3.60. The van der Waals surface area contributed by atoms with Gasteiger partial charge >= 0.3 is 0 Å². The van der Waals surface area contributed by atoms with Crippen LogP contribution >= 0.6 is 0 Å². The maximum atomic E-state index is 13.9. The summed E-state index contributed by atoms with van der Waals surface area (Å²) in [7, 11) is 1.50. The molecule has 0 aliphatic carbocycles. The van der Waals surface area contributed by atoms with Crippen LogP contribution in [0.3, 0.4) is 0 Å². The number of aliphatic hydroxyl groups excluding tert-OH is 1. The summed E-state index contributed by atoms with van der Waals surface area (Å²) in [6.45, 7) is 2.37. The van der Waals surface area contributed by atoms with E-state index in [1.54, 1.807) is 6.92 Å². The summed E-state index contributed by atoms with van der Waals surface area (Å²) >= 11 is 0. The van der Waals surface area contributed by atoms with Gasteiger partial charge in [-0.25, -0.2) is 18.9 Å². The Morgan fingerprint density at radius 3 is 3.03 bits per heavy atom. The highest BCUT2D eigenvalue weighted by Gasteiger charge is 2.31. The highest BCUT2D eigenvalue weighted by Crippen LogP contribution is 2.38. The van der Waals surface area contributed by atoms with E-state index in [1.807, 2.05) is 4.90 Å². The van der Waals surface area contributed by atoms with Gasteiger partial charge in [0.15, 0.2) is 5.65 Å². The van der Waals surface area contributed by atoms with Gasteiger partial charge in [-0.15, -0.1) is 0 Å². The maximum Gasteiger partial charge on any atom is 0.256 e. The Kier molecular flexibility index (Phi) is 5.44. The lowest BCUT2D eigenvalue weighted by atomic mass is 10.1. The standard InChI is InChI=1S/C19H22FN7O3/c1-11(28)7-21-17(29)14-9-24-27-10-23-19(25-16(14)27)26-5-3-4-15(26)13-6-12(20)8-22-18(13)30-2/h6,8-11,15,28H,3-5,7H2,1-2H3,(H,21,29)/t11?,15-/m1/s1. The third-order valence-corrected chi connectivity index (χ3v) is 4.97. The van der Waals surface area contributed by atoms with E-state index in [0.717, 1.165) is 19.0 Å². The zero-order chi connectivity index (χ0) is 21.3. The molecule has 3 aromatic heterocycles. The number of rotatable bonds is 6. The first-order valence-electron chi connectivity index (χ1n) is 9.60. The Hall–Kier alpha value is -3.34. The second-order valence-corrected chi connectivity index (χ2v) is 7.15. The van der Waals surface area contributed by atoms with Gasteiger partial charge in [0, 0.05) is 18.7 Å². The van der Waals surface area contributed by atoms with Crippen LogP contribution in [-0.4, -0.2) is 61.9 Å². The summed E-state index contributed by atoms with van der Waals surface area (Å²) in [5, 5.41) is 16.1. The van der Waals surface area contributed by atoms with Crippen molar-refractivity contribution < 1.29 is 19.0 Å². The number of methoxy groups -OCH3 is 1. The van der Waals surface area contributed by atoms with Crippen molar-refractivity contribution >= 4 is 17.5 Å². The van der Waals surface area contributed by atoms with Gasteiger partial charge in [-0.3, -0.25) is 4.79 Å². The molecule has 0 aromatic carbocycles. The third kappa shape index (κ3) is 3.75. The molecule has 30 heavy (non-hydrogen) atoms. The molecule has 3 aromatic rings. The minimum Gasteiger partial charge on any atom is -0.481 e. The molecule has 2 atom stereocenters. The summed E-state index contributed by atoms with van der Waals surface area (Å²) in [5.74, 6) is -0.0651. The molecular formula is C19H22FN7O3. The highest BCUT2D eigenvalue weighted by atomic mass is 19.1. The predicted octanol–water partition coefficient (Wildman–Crippen LogP) is 1.12. The van der Waals surface area contributed by atoms with Crippen LogP contribution in [-0.2, 0) is 0 Å². The summed E-state index contributed by atoms with van der Waals surface area (Å²) in [4.78, 5) is 27.4. The number of fused-ring (bicyclic) bond motifs is 1. The van der Waals surface area contributed by atoms with Crippen LogP contribution < -0.4 is 15.0 Å². The number of amides is 1. The Balaban J connectivity index is 1.68. The van der Waals surface area contributed by atoms with Crippen molar-refractivity contribution in [2.24, 2.45) is 0 Å². The average molecular weight is 415 g/mol. The van der Waals surface area contributed by atoms with E-state index in [9.17, 15) is 14.3 Å². The predicted molar refractivity (Wildman–Crippen MR) is 105 cm³/mol. The fourth-order valence-electron chi connectivity index (χ4n) is 3.60. The zero-order valence-corrected chi connectivity index (χ0v) is 16.6. The van der Waals surface area contributed by atoms with Crippen molar-refractivity contribution in [1.29, 1.82) is 0 Å². The van der Waals surface area contributed by atoms with E-state index < -0.39 is 11.9 Å². The molecular weight excluding hydrogens is 393 g/mol. The SMILES string of the molecule is COc1ncc(F)cc1[C@H]1CCCN1c1ncn2ncc(C(=O)NCC(C)O)c2n1. The molecule has 1 unspecified atom stereocenters. The molecule has 4 rings (SSSR count). The van der Waals surface area contributed by atoms with Gasteiger partial charge in [-0.1, -0.05) is 0 Å². The zero-order valence-electron chi connectivity index (χ0n) is 16.6. The monoisotopic (exact) mass is 415 g/mol. The third-order valence-electron chi connectivity index (χ3n) is 4.97. The van der Waals surface area contributed by atoms with Crippen LogP contribution in [0.2, 0.25) is 0 Å². The number of aromatic nitrogens is 5. The smallest absolute Gasteiger partial charge is 0.256 e. The topological polar surface area (TPSA) is 118 Å². The Morgan fingerprint density at radius 2 is 2.27 bits per heavy atom. The molecule has 10 nitrogen and oxygen atoms in total. The van der Waals surface area contributed by atoms with E-state index in [1.165, 1.54) is 30.2 Å². The van der Waals surface area contributed by atoms with Crippen molar-refractivity contribution in [2.75, 3.05) is 25.1 Å². The number of nitrogens with one attached hydrogen (secondary N) is 1. The molecule has 11 heteroatoms. The number of halogens is 1.